The minimum absolute atomic E-state index is 0.144. The second-order valence-electron chi connectivity index (χ2n) is 6.61. The fourth-order valence-corrected chi connectivity index (χ4v) is 4.54. The molecule has 23 heavy (non-hydrogen) atoms. The Labute approximate surface area is 140 Å². The first-order valence-corrected chi connectivity index (χ1v) is 9.09. The van der Waals surface area contributed by atoms with Crippen molar-refractivity contribution in [2.24, 2.45) is 5.41 Å². The van der Waals surface area contributed by atoms with E-state index in [2.05, 4.69) is 10.3 Å². The van der Waals surface area contributed by atoms with E-state index >= 15 is 0 Å². The van der Waals surface area contributed by atoms with E-state index in [0.717, 1.165) is 54.5 Å². The first-order chi connectivity index (χ1) is 11.3. The van der Waals surface area contributed by atoms with E-state index in [9.17, 15) is 4.79 Å². The van der Waals surface area contributed by atoms with Gasteiger partial charge in [0.1, 0.15) is 9.88 Å². The molecule has 3 heterocycles. The maximum atomic E-state index is 12.7. The number of nitrogens with one attached hydrogen (secondary N) is 1. The van der Waals surface area contributed by atoms with Crippen LogP contribution in [0.2, 0.25) is 0 Å². The zero-order valence-corrected chi connectivity index (χ0v) is 13.9. The SMILES string of the molecule is O=C(c1cnc(-c2ccccc2)s1)N1CCC2(CCNC2)CC1. The van der Waals surface area contributed by atoms with Crippen LogP contribution in [-0.4, -0.2) is 42.0 Å². The van der Waals surface area contributed by atoms with E-state index in [1.807, 2.05) is 35.2 Å². The first-order valence-electron chi connectivity index (χ1n) is 8.27. The van der Waals surface area contributed by atoms with Gasteiger partial charge in [-0.25, -0.2) is 4.98 Å². The highest BCUT2D eigenvalue weighted by molar-refractivity contribution is 7.16. The van der Waals surface area contributed by atoms with Crippen LogP contribution in [0.3, 0.4) is 0 Å². The van der Waals surface area contributed by atoms with Crippen molar-refractivity contribution in [3.63, 3.8) is 0 Å². The van der Waals surface area contributed by atoms with Crippen LogP contribution < -0.4 is 5.32 Å². The number of aromatic nitrogens is 1. The summed E-state index contributed by atoms with van der Waals surface area (Å²) >= 11 is 1.50. The summed E-state index contributed by atoms with van der Waals surface area (Å²) in [7, 11) is 0. The van der Waals surface area contributed by atoms with Crippen molar-refractivity contribution in [3.05, 3.63) is 41.4 Å². The number of carbonyl (C=O) groups is 1. The molecule has 4 nitrogen and oxygen atoms in total. The molecule has 0 bridgehead atoms. The van der Waals surface area contributed by atoms with Crippen molar-refractivity contribution >= 4 is 17.2 Å². The van der Waals surface area contributed by atoms with Crippen LogP contribution in [0.15, 0.2) is 36.5 Å². The number of thiazole rings is 1. The number of carbonyl (C=O) groups excluding carboxylic acids is 1. The number of hydrogen-bond acceptors (Lipinski definition) is 4. The number of rotatable bonds is 2. The van der Waals surface area contributed by atoms with Gasteiger partial charge in [-0.05, 0) is 31.2 Å². The van der Waals surface area contributed by atoms with Gasteiger partial charge in [0.15, 0.2) is 0 Å². The molecule has 0 atom stereocenters. The third kappa shape index (κ3) is 2.91. The van der Waals surface area contributed by atoms with Crippen molar-refractivity contribution in [2.75, 3.05) is 26.2 Å². The van der Waals surface area contributed by atoms with Crippen LogP contribution in [0.4, 0.5) is 0 Å². The molecule has 0 radical (unpaired) electrons. The molecule has 0 saturated carbocycles. The van der Waals surface area contributed by atoms with E-state index in [-0.39, 0.29) is 5.91 Å². The Bertz CT molecular complexity index is 681. The summed E-state index contributed by atoms with van der Waals surface area (Å²) in [6, 6.07) is 10.1. The maximum Gasteiger partial charge on any atom is 0.265 e. The molecule has 1 spiro atoms. The third-order valence-corrected chi connectivity index (χ3v) is 6.22. The van der Waals surface area contributed by atoms with Crippen molar-refractivity contribution in [2.45, 2.75) is 19.3 Å². The van der Waals surface area contributed by atoms with E-state index < -0.39 is 0 Å². The Kier molecular flexibility index (Phi) is 3.91. The zero-order valence-electron chi connectivity index (χ0n) is 13.1. The normalized spacial score (nSPS) is 20.1. The quantitative estimate of drug-likeness (QED) is 0.922. The average molecular weight is 327 g/mol. The molecular weight excluding hydrogens is 306 g/mol. The highest BCUT2D eigenvalue weighted by Crippen LogP contribution is 2.37. The van der Waals surface area contributed by atoms with E-state index in [0.29, 0.717) is 5.41 Å². The van der Waals surface area contributed by atoms with Gasteiger partial charge in [0, 0.05) is 25.2 Å². The summed E-state index contributed by atoms with van der Waals surface area (Å²) in [5.74, 6) is 0.144. The van der Waals surface area contributed by atoms with Gasteiger partial charge in [-0.15, -0.1) is 11.3 Å². The molecule has 120 valence electrons. The number of amides is 1. The number of piperidine rings is 1. The van der Waals surface area contributed by atoms with Crippen LogP contribution in [0.25, 0.3) is 10.6 Å². The summed E-state index contributed by atoms with van der Waals surface area (Å²) in [6.45, 7) is 4.00. The minimum atomic E-state index is 0.144. The van der Waals surface area contributed by atoms with Crippen molar-refractivity contribution < 1.29 is 4.79 Å². The first kappa shape index (κ1) is 14.8. The molecule has 5 heteroatoms. The van der Waals surface area contributed by atoms with Gasteiger partial charge in [0.2, 0.25) is 0 Å². The fourth-order valence-electron chi connectivity index (χ4n) is 3.65. The zero-order chi connectivity index (χ0) is 15.7. The Balaban J connectivity index is 1.45. The third-order valence-electron chi connectivity index (χ3n) is 5.18. The monoisotopic (exact) mass is 327 g/mol. The van der Waals surface area contributed by atoms with E-state index in [1.165, 1.54) is 17.8 Å². The van der Waals surface area contributed by atoms with Crippen LogP contribution in [-0.2, 0) is 0 Å². The largest absolute Gasteiger partial charge is 0.338 e. The van der Waals surface area contributed by atoms with Gasteiger partial charge >= 0.3 is 0 Å². The second-order valence-corrected chi connectivity index (χ2v) is 7.65. The van der Waals surface area contributed by atoms with E-state index in [4.69, 9.17) is 0 Å². The Morgan fingerprint density at radius 3 is 2.65 bits per heavy atom. The summed E-state index contributed by atoms with van der Waals surface area (Å²) in [5.41, 5.74) is 1.52. The molecule has 2 aliphatic rings. The number of likely N-dealkylation sites (tertiary alicyclic amines) is 1. The molecule has 0 unspecified atom stereocenters. The van der Waals surface area contributed by atoms with Gasteiger partial charge in [0.05, 0.1) is 6.20 Å². The lowest BCUT2D eigenvalue weighted by molar-refractivity contribution is 0.0612. The molecule has 1 amide bonds. The molecule has 1 aromatic carbocycles. The smallest absolute Gasteiger partial charge is 0.265 e. The van der Waals surface area contributed by atoms with Crippen LogP contribution in [0.5, 0.6) is 0 Å². The Morgan fingerprint density at radius 1 is 1.17 bits per heavy atom. The molecular formula is C18H21N3OS. The molecule has 2 saturated heterocycles. The molecule has 1 aromatic heterocycles. The molecule has 4 rings (SSSR count). The maximum absolute atomic E-state index is 12.7. The van der Waals surface area contributed by atoms with Gasteiger partial charge in [0.25, 0.3) is 5.91 Å². The summed E-state index contributed by atoms with van der Waals surface area (Å²) in [4.78, 5) is 19.9. The predicted octanol–water partition coefficient (Wildman–Crippen LogP) is 3.03. The fraction of sp³-hybridized carbons (Fsp3) is 0.444. The number of hydrogen-bond donors (Lipinski definition) is 1. The van der Waals surface area contributed by atoms with Crippen molar-refractivity contribution in [1.29, 1.82) is 0 Å². The lowest BCUT2D eigenvalue weighted by Gasteiger charge is -2.38. The van der Waals surface area contributed by atoms with Crippen LogP contribution >= 0.6 is 11.3 Å². The van der Waals surface area contributed by atoms with Gasteiger partial charge in [-0.1, -0.05) is 30.3 Å². The molecule has 0 aliphatic carbocycles. The summed E-state index contributed by atoms with van der Waals surface area (Å²) < 4.78 is 0. The summed E-state index contributed by atoms with van der Waals surface area (Å²) in [6.07, 6.45) is 5.23. The van der Waals surface area contributed by atoms with Crippen molar-refractivity contribution in [1.82, 2.24) is 15.2 Å². The van der Waals surface area contributed by atoms with Gasteiger partial charge < -0.3 is 10.2 Å². The topological polar surface area (TPSA) is 45.2 Å². The highest BCUT2D eigenvalue weighted by Gasteiger charge is 2.38. The lowest BCUT2D eigenvalue weighted by atomic mass is 9.78. The summed E-state index contributed by atoms with van der Waals surface area (Å²) in [5, 5.41) is 4.39. The standard InChI is InChI=1S/C18H21N3OS/c22-17(21-10-7-18(8-11-21)6-9-19-13-18)15-12-20-16(23-15)14-4-2-1-3-5-14/h1-5,12,19H,6-11,13H2. The van der Waals surface area contributed by atoms with Crippen LogP contribution in [0.1, 0.15) is 28.9 Å². The minimum Gasteiger partial charge on any atom is -0.338 e. The molecule has 2 aliphatic heterocycles. The second kappa shape index (κ2) is 6.06. The van der Waals surface area contributed by atoms with Crippen LogP contribution in [0, 0.1) is 5.41 Å². The highest BCUT2D eigenvalue weighted by atomic mass is 32.1. The molecule has 2 fully saturated rings. The van der Waals surface area contributed by atoms with Crippen molar-refractivity contribution in [3.8, 4) is 10.6 Å². The Morgan fingerprint density at radius 2 is 1.96 bits per heavy atom. The van der Waals surface area contributed by atoms with Gasteiger partial charge in [-0.3, -0.25) is 4.79 Å². The Hall–Kier alpha value is -1.72. The number of benzene rings is 1. The molecule has 1 N–H and O–H groups in total. The number of nitrogens with zero attached hydrogens (tertiary/aromatic N) is 2. The lowest BCUT2D eigenvalue weighted by Crippen LogP contribution is -2.43. The van der Waals surface area contributed by atoms with E-state index in [1.54, 1.807) is 6.20 Å². The average Bonchev–Trinajstić information content (AvgIpc) is 3.26. The molecule has 2 aromatic rings. The predicted molar refractivity (Wildman–Crippen MR) is 92.6 cm³/mol. The van der Waals surface area contributed by atoms with Gasteiger partial charge in [-0.2, -0.15) is 0 Å².